The van der Waals surface area contributed by atoms with Crippen molar-refractivity contribution in [1.29, 1.82) is 0 Å². The maximum absolute atomic E-state index is 6.06. The van der Waals surface area contributed by atoms with E-state index in [0.29, 0.717) is 12.0 Å². The van der Waals surface area contributed by atoms with Crippen LogP contribution in [0.3, 0.4) is 0 Å². The van der Waals surface area contributed by atoms with Crippen LogP contribution >= 0.6 is 22.9 Å². The van der Waals surface area contributed by atoms with E-state index in [1.807, 2.05) is 12.3 Å². The van der Waals surface area contributed by atoms with Crippen molar-refractivity contribution in [2.75, 3.05) is 19.7 Å². The van der Waals surface area contributed by atoms with Crippen molar-refractivity contribution >= 4 is 22.9 Å². The Hall–Kier alpha value is -0.880. The van der Waals surface area contributed by atoms with Crippen molar-refractivity contribution in [2.24, 2.45) is 5.92 Å². The maximum atomic E-state index is 6.06. The van der Waals surface area contributed by atoms with Gasteiger partial charge in [0, 0.05) is 37.9 Å². The highest BCUT2D eigenvalue weighted by molar-refractivity contribution is 7.14. The molecular formula is C19H28ClN3OS. The van der Waals surface area contributed by atoms with E-state index < -0.39 is 0 Å². The number of hydrogen-bond donors (Lipinski definition) is 0. The first-order chi connectivity index (χ1) is 12.1. The normalized spacial score (nSPS) is 16.8. The highest BCUT2D eigenvalue weighted by Crippen LogP contribution is 2.21. The Kier molecular flexibility index (Phi) is 6.93. The lowest BCUT2D eigenvalue weighted by atomic mass is 10.1. The standard InChI is InChI=1S/C19H28ClN3OS/c1-15(2)11-23-13-17(10-21-23)12-22-6-3-18(4-7-22)24-8-5-16-9-19(20)25-14-16/h9-10,13-15,18H,3-8,11-12H2,1-2H3. The molecule has 1 fully saturated rings. The van der Waals surface area contributed by atoms with E-state index in [9.17, 15) is 0 Å². The molecule has 1 aliphatic rings. The molecule has 4 nitrogen and oxygen atoms in total. The van der Waals surface area contributed by atoms with Crippen LogP contribution in [0.2, 0.25) is 4.34 Å². The summed E-state index contributed by atoms with van der Waals surface area (Å²) in [5.41, 5.74) is 2.60. The van der Waals surface area contributed by atoms with Crippen LogP contribution in [0, 0.1) is 5.92 Å². The molecule has 0 aliphatic carbocycles. The van der Waals surface area contributed by atoms with Gasteiger partial charge < -0.3 is 4.74 Å². The van der Waals surface area contributed by atoms with E-state index in [4.69, 9.17) is 16.3 Å². The van der Waals surface area contributed by atoms with Crippen molar-refractivity contribution in [3.05, 3.63) is 39.3 Å². The predicted molar refractivity (Wildman–Crippen MR) is 104 cm³/mol. The van der Waals surface area contributed by atoms with E-state index in [0.717, 1.165) is 56.4 Å². The molecule has 0 unspecified atom stereocenters. The molecule has 6 heteroatoms. The third-order valence-electron chi connectivity index (χ3n) is 4.55. The number of ether oxygens (including phenoxy) is 1. The molecule has 2 aromatic heterocycles. The monoisotopic (exact) mass is 381 g/mol. The molecule has 0 amide bonds. The molecule has 0 saturated carbocycles. The van der Waals surface area contributed by atoms with Gasteiger partial charge in [0.05, 0.1) is 23.2 Å². The summed E-state index contributed by atoms with van der Waals surface area (Å²) in [6.07, 6.45) is 7.79. The number of thiophene rings is 1. The number of halogens is 1. The van der Waals surface area contributed by atoms with Crippen molar-refractivity contribution in [2.45, 2.75) is 52.3 Å². The van der Waals surface area contributed by atoms with E-state index in [-0.39, 0.29) is 0 Å². The molecule has 0 aromatic carbocycles. The molecule has 0 spiro atoms. The second-order valence-corrected chi connectivity index (χ2v) is 8.86. The van der Waals surface area contributed by atoms with Crippen LogP contribution < -0.4 is 0 Å². The smallest absolute Gasteiger partial charge is 0.0931 e. The fraction of sp³-hybridized carbons (Fsp3) is 0.632. The summed E-state index contributed by atoms with van der Waals surface area (Å²) in [6, 6.07) is 2.04. The minimum atomic E-state index is 0.397. The number of likely N-dealkylation sites (tertiary alicyclic amines) is 1. The maximum Gasteiger partial charge on any atom is 0.0931 e. The first-order valence-corrected chi connectivity index (χ1v) is 10.4. The molecule has 25 heavy (non-hydrogen) atoms. The van der Waals surface area contributed by atoms with E-state index in [1.165, 1.54) is 11.1 Å². The molecule has 1 aliphatic heterocycles. The van der Waals surface area contributed by atoms with Crippen LogP contribution in [0.4, 0.5) is 0 Å². The zero-order valence-electron chi connectivity index (χ0n) is 15.2. The average molecular weight is 382 g/mol. The van der Waals surface area contributed by atoms with Gasteiger partial charge >= 0.3 is 0 Å². The van der Waals surface area contributed by atoms with Gasteiger partial charge in [0.15, 0.2) is 0 Å². The van der Waals surface area contributed by atoms with Gasteiger partial charge in [-0.2, -0.15) is 5.10 Å². The number of nitrogens with zero attached hydrogens (tertiary/aromatic N) is 3. The largest absolute Gasteiger partial charge is 0.378 e. The van der Waals surface area contributed by atoms with Crippen LogP contribution in [-0.4, -0.2) is 40.5 Å². The van der Waals surface area contributed by atoms with Crippen molar-refractivity contribution in [1.82, 2.24) is 14.7 Å². The predicted octanol–water partition coefficient (Wildman–Crippen LogP) is 4.48. The van der Waals surface area contributed by atoms with Gasteiger partial charge in [0.2, 0.25) is 0 Å². The minimum Gasteiger partial charge on any atom is -0.378 e. The Balaban J connectivity index is 1.34. The summed E-state index contributed by atoms with van der Waals surface area (Å²) in [6.45, 7) is 9.43. The lowest BCUT2D eigenvalue weighted by Crippen LogP contribution is -2.36. The van der Waals surface area contributed by atoms with Crippen LogP contribution in [0.25, 0.3) is 0 Å². The zero-order valence-corrected chi connectivity index (χ0v) is 16.7. The van der Waals surface area contributed by atoms with Gasteiger partial charge in [-0.25, -0.2) is 0 Å². The molecular weight excluding hydrogens is 354 g/mol. The number of hydrogen-bond acceptors (Lipinski definition) is 4. The van der Waals surface area contributed by atoms with Crippen LogP contribution in [-0.2, 0) is 24.2 Å². The Morgan fingerprint density at radius 3 is 2.80 bits per heavy atom. The minimum absolute atomic E-state index is 0.397. The van der Waals surface area contributed by atoms with E-state index >= 15 is 0 Å². The van der Waals surface area contributed by atoms with Gasteiger partial charge in [-0.1, -0.05) is 25.4 Å². The van der Waals surface area contributed by atoms with Crippen LogP contribution in [0.15, 0.2) is 23.8 Å². The van der Waals surface area contributed by atoms with Gasteiger partial charge in [0.25, 0.3) is 0 Å². The molecule has 3 rings (SSSR count). The van der Waals surface area contributed by atoms with Gasteiger partial charge in [-0.15, -0.1) is 11.3 Å². The summed E-state index contributed by atoms with van der Waals surface area (Å²) >= 11 is 7.56. The first kappa shape index (κ1) is 18.9. The second-order valence-electron chi connectivity index (χ2n) is 7.32. The van der Waals surface area contributed by atoms with E-state index in [1.54, 1.807) is 11.3 Å². The summed E-state index contributed by atoms with van der Waals surface area (Å²) in [5.74, 6) is 0.630. The lowest BCUT2D eigenvalue weighted by molar-refractivity contribution is 0.00741. The fourth-order valence-electron chi connectivity index (χ4n) is 3.27. The number of rotatable bonds is 8. The molecule has 2 aromatic rings. The quantitative estimate of drug-likeness (QED) is 0.675. The molecule has 0 bridgehead atoms. The second kappa shape index (κ2) is 9.17. The summed E-state index contributed by atoms with van der Waals surface area (Å²) in [7, 11) is 0. The van der Waals surface area contributed by atoms with Crippen molar-refractivity contribution in [3.63, 3.8) is 0 Å². The van der Waals surface area contributed by atoms with Gasteiger partial charge in [-0.05, 0) is 42.2 Å². The summed E-state index contributed by atoms with van der Waals surface area (Å²) < 4.78 is 8.98. The summed E-state index contributed by atoms with van der Waals surface area (Å²) in [5, 5.41) is 6.58. The van der Waals surface area contributed by atoms with Gasteiger partial charge in [0.1, 0.15) is 0 Å². The highest BCUT2D eigenvalue weighted by Gasteiger charge is 2.20. The SMILES string of the molecule is CC(C)Cn1cc(CN2CCC(OCCc3csc(Cl)c3)CC2)cn1. The molecule has 0 radical (unpaired) electrons. The third-order valence-corrected chi connectivity index (χ3v) is 5.69. The van der Waals surface area contributed by atoms with Crippen LogP contribution in [0.1, 0.15) is 37.8 Å². The highest BCUT2D eigenvalue weighted by atomic mass is 35.5. The third kappa shape index (κ3) is 6.10. The van der Waals surface area contributed by atoms with Crippen LogP contribution in [0.5, 0.6) is 0 Å². The van der Waals surface area contributed by atoms with E-state index in [2.05, 4.69) is 40.1 Å². The molecule has 0 atom stereocenters. The number of piperidine rings is 1. The van der Waals surface area contributed by atoms with Crippen molar-refractivity contribution in [3.8, 4) is 0 Å². The Labute approximate surface area is 159 Å². The Morgan fingerprint density at radius 1 is 1.32 bits per heavy atom. The molecule has 0 N–H and O–H groups in total. The average Bonchev–Trinajstić information content (AvgIpc) is 3.18. The molecule has 1 saturated heterocycles. The Bertz CT molecular complexity index is 647. The molecule has 138 valence electrons. The molecule has 3 heterocycles. The first-order valence-electron chi connectivity index (χ1n) is 9.16. The lowest BCUT2D eigenvalue weighted by Gasteiger charge is -2.31. The summed E-state index contributed by atoms with van der Waals surface area (Å²) in [4.78, 5) is 2.51. The zero-order chi connectivity index (χ0) is 17.6. The van der Waals surface area contributed by atoms with Gasteiger partial charge in [-0.3, -0.25) is 9.58 Å². The number of aromatic nitrogens is 2. The topological polar surface area (TPSA) is 30.3 Å². The Morgan fingerprint density at radius 2 is 2.12 bits per heavy atom. The van der Waals surface area contributed by atoms with Crippen molar-refractivity contribution < 1.29 is 4.74 Å². The fourth-order valence-corrected chi connectivity index (χ4v) is 4.22.